The molecule has 4 nitrogen and oxygen atoms in total. The van der Waals surface area contributed by atoms with E-state index in [1.54, 1.807) is 0 Å². The van der Waals surface area contributed by atoms with Crippen molar-refractivity contribution in [2.45, 2.75) is 51.7 Å². The van der Waals surface area contributed by atoms with Gasteiger partial charge in [-0.05, 0) is 13.3 Å². The molecule has 7 heteroatoms. The number of nitrogens with one attached hydrogen (secondary N) is 2. The largest absolute Gasteiger partial charge is 0.433 e. The van der Waals surface area contributed by atoms with Gasteiger partial charge in [0.2, 0.25) is 5.95 Å². The highest BCUT2D eigenvalue weighted by molar-refractivity contribution is 5.43. The first-order chi connectivity index (χ1) is 9.36. The van der Waals surface area contributed by atoms with Gasteiger partial charge in [-0.2, -0.15) is 18.2 Å². The maximum Gasteiger partial charge on any atom is 0.433 e. The van der Waals surface area contributed by atoms with Gasteiger partial charge in [-0.3, -0.25) is 0 Å². The zero-order valence-corrected chi connectivity index (χ0v) is 12.0. The number of halogens is 3. The number of aromatic nitrogens is 2. The quantitative estimate of drug-likeness (QED) is 0.747. The van der Waals surface area contributed by atoms with Gasteiger partial charge in [-0.25, -0.2) is 4.98 Å². The molecule has 0 aromatic carbocycles. The van der Waals surface area contributed by atoms with Crippen LogP contribution in [0.25, 0.3) is 0 Å². The smallest absolute Gasteiger partial charge is 0.367 e. The van der Waals surface area contributed by atoms with Crippen LogP contribution in [-0.2, 0) is 6.18 Å². The molecule has 0 aliphatic carbocycles. The van der Waals surface area contributed by atoms with E-state index in [4.69, 9.17) is 0 Å². The summed E-state index contributed by atoms with van der Waals surface area (Å²) in [6.45, 7) is 4.04. The van der Waals surface area contributed by atoms with Gasteiger partial charge in [0, 0.05) is 19.2 Å². The van der Waals surface area contributed by atoms with Crippen molar-refractivity contribution in [1.82, 2.24) is 9.97 Å². The number of alkyl halides is 3. The minimum Gasteiger partial charge on any atom is -0.367 e. The van der Waals surface area contributed by atoms with E-state index in [0.717, 1.165) is 31.7 Å². The van der Waals surface area contributed by atoms with Crippen LogP contribution in [0.3, 0.4) is 0 Å². The third-order valence-electron chi connectivity index (χ3n) is 2.88. The van der Waals surface area contributed by atoms with Crippen LogP contribution in [-0.4, -0.2) is 23.1 Å². The highest BCUT2D eigenvalue weighted by Crippen LogP contribution is 2.29. The Balaban J connectivity index is 2.78. The Labute approximate surface area is 117 Å². The summed E-state index contributed by atoms with van der Waals surface area (Å²) in [5.74, 6) is 0.156. The topological polar surface area (TPSA) is 49.8 Å². The molecule has 1 rings (SSSR count). The van der Waals surface area contributed by atoms with Crippen molar-refractivity contribution in [3.05, 3.63) is 11.8 Å². The van der Waals surface area contributed by atoms with Gasteiger partial charge in [-0.1, -0.05) is 26.2 Å². The Morgan fingerprint density at radius 1 is 1.25 bits per heavy atom. The van der Waals surface area contributed by atoms with E-state index in [1.165, 1.54) is 7.05 Å². The Hall–Kier alpha value is -1.53. The van der Waals surface area contributed by atoms with Crippen molar-refractivity contribution in [3.8, 4) is 0 Å². The summed E-state index contributed by atoms with van der Waals surface area (Å²) in [5.41, 5.74) is -0.944. The minimum absolute atomic E-state index is 0.0388. The molecule has 114 valence electrons. The Bertz CT molecular complexity index is 421. The lowest BCUT2D eigenvalue weighted by Gasteiger charge is -2.16. The molecule has 2 N–H and O–H groups in total. The summed E-state index contributed by atoms with van der Waals surface area (Å²) >= 11 is 0. The normalized spacial score (nSPS) is 13.1. The molecule has 0 saturated heterocycles. The van der Waals surface area contributed by atoms with Gasteiger partial charge in [0.1, 0.15) is 5.82 Å². The summed E-state index contributed by atoms with van der Waals surface area (Å²) < 4.78 is 38.2. The SMILES string of the molecule is CCCCCC(C)Nc1cc(C(F)(F)F)nc(NC)n1. The van der Waals surface area contributed by atoms with Crippen LogP contribution in [0.4, 0.5) is 24.9 Å². The van der Waals surface area contributed by atoms with Gasteiger partial charge in [0.15, 0.2) is 5.69 Å². The van der Waals surface area contributed by atoms with Crippen molar-refractivity contribution in [2.24, 2.45) is 0 Å². The van der Waals surface area contributed by atoms with Gasteiger partial charge in [-0.15, -0.1) is 0 Å². The van der Waals surface area contributed by atoms with Crippen LogP contribution < -0.4 is 10.6 Å². The molecule has 0 aliphatic heterocycles. The van der Waals surface area contributed by atoms with E-state index in [9.17, 15) is 13.2 Å². The number of hydrogen-bond donors (Lipinski definition) is 2. The van der Waals surface area contributed by atoms with Crippen LogP contribution >= 0.6 is 0 Å². The number of hydrogen-bond acceptors (Lipinski definition) is 4. The molecule has 0 radical (unpaired) electrons. The third-order valence-corrected chi connectivity index (χ3v) is 2.88. The average Bonchev–Trinajstić information content (AvgIpc) is 2.37. The zero-order valence-electron chi connectivity index (χ0n) is 12.0. The molecule has 0 bridgehead atoms. The second kappa shape index (κ2) is 7.31. The standard InChI is InChI=1S/C13H21F3N4/c1-4-5-6-7-9(2)18-11-8-10(13(14,15)16)19-12(17-3)20-11/h8-9H,4-7H2,1-3H3,(H2,17,18,19,20). The van der Waals surface area contributed by atoms with Gasteiger partial charge < -0.3 is 10.6 Å². The summed E-state index contributed by atoms with van der Waals surface area (Å²) in [6, 6.07) is 1.01. The maximum atomic E-state index is 12.7. The number of rotatable bonds is 7. The number of nitrogens with zero attached hydrogens (tertiary/aromatic N) is 2. The van der Waals surface area contributed by atoms with E-state index in [-0.39, 0.29) is 17.8 Å². The molecule has 1 aromatic heterocycles. The lowest BCUT2D eigenvalue weighted by atomic mass is 10.1. The van der Waals surface area contributed by atoms with E-state index in [2.05, 4.69) is 27.5 Å². The first-order valence-electron chi connectivity index (χ1n) is 6.77. The van der Waals surface area contributed by atoms with E-state index in [1.807, 2.05) is 6.92 Å². The summed E-state index contributed by atoms with van der Waals surface area (Å²) in [5, 5.41) is 5.54. The molecule has 20 heavy (non-hydrogen) atoms. The maximum absolute atomic E-state index is 12.7. The number of anilines is 2. The Morgan fingerprint density at radius 2 is 1.95 bits per heavy atom. The van der Waals surface area contributed by atoms with Crippen LogP contribution in [0.2, 0.25) is 0 Å². The second-order valence-electron chi connectivity index (χ2n) is 4.75. The fourth-order valence-electron chi connectivity index (χ4n) is 1.80. The lowest BCUT2D eigenvalue weighted by molar-refractivity contribution is -0.141. The fourth-order valence-corrected chi connectivity index (χ4v) is 1.80. The highest BCUT2D eigenvalue weighted by atomic mass is 19.4. The monoisotopic (exact) mass is 290 g/mol. The minimum atomic E-state index is -4.48. The Morgan fingerprint density at radius 3 is 2.50 bits per heavy atom. The molecule has 0 spiro atoms. The number of unbranched alkanes of at least 4 members (excludes halogenated alkanes) is 2. The second-order valence-corrected chi connectivity index (χ2v) is 4.75. The molecule has 1 aromatic rings. The molecule has 1 heterocycles. The Kier molecular flexibility index (Phi) is 6.04. The summed E-state index contributed by atoms with van der Waals surface area (Å²) in [4.78, 5) is 7.42. The van der Waals surface area contributed by atoms with Crippen LogP contribution in [0.15, 0.2) is 6.07 Å². The molecule has 0 aliphatic rings. The van der Waals surface area contributed by atoms with Crippen molar-refractivity contribution < 1.29 is 13.2 Å². The molecule has 0 saturated carbocycles. The third kappa shape index (κ3) is 5.22. The van der Waals surface area contributed by atoms with E-state index in [0.29, 0.717) is 0 Å². The average molecular weight is 290 g/mol. The predicted molar refractivity (Wildman–Crippen MR) is 73.8 cm³/mol. The van der Waals surface area contributed by atoms with Crippen molar-refractivity contribution in [2.75, 3.05) is 17.7 Å². The van der Waals surface area contributed by atoms with Crippen molar-refractivity contribution in [1.29, 1.82) is 0 Å². The lowest BCUT2D eigenvalue weighted by Crippen LogP contribution is -2.18. The molecule has 0 fully saturated rings. The van der Waals surface area contributed by atoms with Crippen LogP contribution in [0.5, 0.6) is 0 Å². The molecular formula is C13H21F3N4. The zero-order chi connectivity index (χ0) is 15.2. The summed E-state index contributed by atoms with van der Waals surface area (Å²) in [7, 11) is 1.49. The molecular weight excluding hydrogens is 269 g/mol. The van der Waals surface area contributed by atoms with Gasteiger partial charge >= 0.3 is 6.18 Å². The van der Waals surface area contributed by atoms with Crippen LogP contribution in [0.1, 0.15) is 45.2 Å². The van der Waals surface area contributed by atoms with Gasteiger partial charge in [0.25, 0.3) is 0 Å². The van der Waals surface area contributed by atoms with Crippen molar-refractivity contribution in [3.63, 3.8) is 0 Å². The first-order valence-corrected chi connectivity index (χ1v) is 6.77. The molecule has 1 unspecified atom stereocenters. The van der Waals surface area contributed by atoms with Gasteiger partial charge in [0.05, 0.1) is 0 Å². The van der Waals surface area contributed by atoms with E-state index >= 15 is 0 Å². The van der Waals surface area contributed by atoms with Crippen molar-refractivity contribution >= 4 is 11.8 Å². The summed E-state index contributed by atoms with van der Waals surface area (Å²) in [6.07, 6.45) is -0.307. The highest BCUT2D eigenvalue weighted by Gasteiger charge is 2.33. The predicted octanol–water partition coefficient (Wildman–Crippen LogP) is 3.92. The molecule has 0 amide bonds. The first kappa shape index (κ1) is 16.5. The molecule has 1 atom stereocenters. The van der Waals surface area contributed by atoms with Crippen LogP contribution in [0, 0.1) is 0 Å². The van der Waals surface area contributed by atoms with E-state index < -0.39 is 11.9 Å². The fraction of sp³-hybridized carbons (Fsp3) is 0.692.